The van der Waals surface area contributed by atoms with E-state index < -0.39 is 5.97 Å². The predicted molar refractivity (Wildman–Crippen MR) is 85.6 cm³/mol. The Balaban J connectivity index is 2.02. The zero-order valence-electron chi connectivity index (χ0n) is 12.0. The predicted octanol–water partition coefficient (Wildman–Crippen LogP) is -0.593. The van der Waals surface area contributed by atoms with Gasteiger partial charge in [0, 0.05) is 17.8 Å². The van der Waals surface area contributed by atoms with Crippen LogP contribution in [0.2, 0.25) is 0 Å². The smallest absolute Gasteiger partial charge is 0.335 e. The van der Waals surface area contributed by atoms with Gasteiger partial charge in [-0.05, 0) is 0 Å². The number of carbonyl (C=O) groups excluding carboxylic acids is 1. The number of carboxylic acids is 1. The van der Waals surface area contributed by atoms with Crippen LogP contribution in [0, 0.1) is 0 Å². The number of hydrogen-bond donors (Lipinski definition) is 1. The third-order valence-electron chi connectivity index (χ3n) is 3.55. The molecule has 0 spiro atoms. The Labute approximate surface area is 134 Å². The SMILES string of the molecule is [B]c1cc(C(=O)N2CCOc3ccncc32)c([B])cc1C(=O)O. The molecule has 110 valence electrons. The summed E-state index contributed by atoms with van der Waals surface area (Å²) in [7, 11) is 11.6. The van der Waals surface area contributed by atoms with Crippen LogP contribution < -0.4 is 20.6 Å². The molecular weight excluding hydrogens is 294 g/mol. The lowest BCUT2D eigenvalue weighted by molar-refractivity contribution is 0.0698. The number of aromatic carboxylic acids is 1. The van der Waals surface area contributed by atoms with Crippen molar-refractivity contribution in [1.29, 1.82) is 0 Å². The Hall–Kier alpha value is -2.76. The standard InChI is InChI=1S/C15H10B2N2O4/c16-10-6-9(15(21)22)11(17)5-8(10)14(20)19-3-4-23-13-1-2-18-7-12(13)19/h1-2,5-7H,3-4H2,(H,21,22). The van der Waals surface area contributed by atoms with Gasteiger partial charge in [-0.2, -0.15) is 0 Å². The Bertz CT molecular complexity index is 810. The van der Waals surface area contributed by atoms with Crippen LogP contribution in [0.3, 0.4) is 0 Å². The number of ether oxygens (including phenoxy) is 1. The molecule has 23 heavy (non-hydrogen) atoms. The van der Waals surface area contributed by atoms with Crippen LogP contribution in [0.25, 0.3) is 0 Å². The van der Waals surface area contributed by atoms with Crippen LogP contribution in [0.1, 0.15) is 20.7 Å². The molecule has 0 fully saturated rings. The molecule has 2 aromatic rings. The Morgan fingerprint density at radius 1 is 1.22 bits per heavy atom. The highest BCUT2D eigenvalue weighted by Crippen LogP contribution is 2.30. The van der Waals surface area contributed by atoms with Crippen molar-refractivity contribution >= 4 is 44.2 Å². The summed E-state index contributed by atoms with van der Waals surface area (Å²) < 4.78 is 5.48. The van der Waals surface area contributed by atoms with E-state index in [0.717, 1.165) is 0 Å². The highest BCUT2D eigenvalue weighted by atomic mass is 16.5. The van der Waals surface area contributed by atoms with E-state index in [1.54, 1.807) is 12.3 Å². The van der Waals surface area contributed by atoms with Gasteiger partial charge in [-0.15, -0.1) is 0 Å². The van der Waals surface area contributed by atoms with Crippen molar-refractivity contribution < 1.29 is 19.4 Å². The highest BCUT2D eigenvalue weighted by Gasteiger charge is 2.26. The van der Waals surface area contributed by atoms with Gasteiger partial charge in [0.25, 0.3) is 5.91 Å². The van der Waals surface area contributed by atoms with E-state index in [4.69, 9.17) is 25.5 Å². The fourth-order valence-electron chi connectivity index (χ4n) is 2.43. The minimum absolute atomic E-state index is 0.0188. The average Bonchev–Trinajstić information content (AvgIpc) is 2.55. The second-order valence-electron chi connectivity index (χ2n) is 4.98. The molecular formula is C15H10B2N2O4. The van der Waals surface area contributed by atoms with Gasteiger partial charge in [-0.1, -0.05) is 23.1 Å². The van der Waals surface area contributed by atoms with E-state index in [1.807, 2.05) is 0 Å². The van der Waals surface area contributed by atoms with E-state index in [0.29, 0.717) is 24.6 Å². The van der Waals surface area contributed by atoms with Crippen LogP contribution in [-0.2, 0) is 0 Å². The molecule has 0 unspecified atom stereocenters. The van der Waals surface area contributed by atoms with Crippen LogP contribution >= 0.6 is 0 Å². The molecule has 2 heterocycles. The summed E-state index contributed by atoms with van der Waals surface area (Å²) in [6, 6.07) is 4.14. The van der Waals surface area contributed by atoms with Gasteiger partial charge >= 0.3 is 5.97 Å². The zero-order chi connectivity index (χ0) is 16.6. The second-order valence-corrected chi connectivity index (χ2v) is 4.98. The van der Waals surface area contributed by atoms with E-state index in [2.05, 4.69) is 4.98 Å². The summed E-state index contributed by atoms with van der Waals surface area (Å²) in [5, 5.41) is 9.04. The van der Waals surface area contributed by atoms with Crippen molar-refractivity contribution in [3.05, 3.63) is 41.7 Å². The van der Waals surface area contributed by atoms with Crippen LogP contribution in [0.5, 0.6) is 5.75 Å². The number of benzene rings is 1. The molecule has 0 saturated heterocycles. The molecule has 1 aromatic heterocycles. The van der Waals surface area contributed by atoms with E-state index in [1.165, 1.54) is 23.2 Å². The molecule has 1 aliphatic rings. The number of anilines is 1. The maximum Gasteiger partial charge on any atom is 0.335 e. The first kappa shape index (κ1) is 15.1. The lowest BCUT2D eigenvalue weighted by Crippen LogP contribution is -2.41. The van der Waals surface area contributed by atoms with Gasteiger partial charge in [0.15, 0.2) is 0 Å². The van der Waals surface area contributed by atoms with Crippen molar-refractivity contribution in [3.8, 4) is 5.75 Å². The molecule has 0 saturated carbocycles. The number of hydrogen-bond acceptors (Lipinski definition) is 4. The van der Waals surface area contributed by atoms with Crippen molar-refractivity contribution in [1.82, 2.24) is 4.98 Å². The number of amides is 1. The quantitative estimate of drug-likeness (QED) is 0.750. The first-order chi connectivity index (χ1) is 11.0. The fourth-order valence-corrected chi connectivity index (χ4v) is 2.43. The highest BCUT2D eigenvalue weighted by molar-refractivity contribution is 6.42. The van der Waals surface area contributed by atoms with Gasteiger partial charge in [-0.3, -0.25) is 9.78 Å². The minimum atomic E-state index is -1.20. The largest absolute Gasteiger partial charge is 0.489 e. The van der Waals surface area contributed by atoms with Gasteiger partial charge in [-0.25, -0.2) is 4.79 Å². The van der Waals surface area contributed by atoms with E-state index >= 15 is 0 Å². The molecule has 3 rings (SSSR count). The van der Waals surface area contributed by atoms with Crippen LogP contribution in [-0.4, -0.2) is 50.8 Å². The lowest BCUT2D eigenvalue weighted by atomic mass is 9.80. The number of aromatic nitrogens is 1. The topological polar surface area (TPSA) is 79.7 Å². The van der Waals surface area contributed by atoms with Gasteiger partial charge < -0.3 is 14.7 Å². The molecule has 4 radical (unpaired) electrons. The number of nitrogens with zero attached hydrogens (tertiary/aromatic N) is 2. The normalized spacial score (nSPS) is 13.1. The summed E-state index contributed by atoms with van der Waals surface area (Å²) in [5.74, 6) is -1.04. The van der Waals surface area contributed by atoms with Crippen LogP contribution in [0.15, 0.2) is 30.6 Å². The fraction of sp³-hybridized carbons (Fsp3) is 0.133. The maximum absolute atomic E-state index is 12.8. The molecule has 0 bridgehead atoms. The molecule has 0 aliphatic carbocycles. The second kappa shape index (κ2) is 5.79. The minimum Gasteiger partial charge on any atom is -0.489 e. The summed E-state index contributed by atoms with van der Waals surface area (Å²) in [6.07, 6.45) is 3.10. The van der Waals surface area contributed by atoms with Crippen LogP contribution in [0.4, 0.5) is 5.69 Å². The first-order valence-corrected chi connectivity index (χ1v) is 6.80. The number of carbonyl (C=O) groups is 2. The summed E-state index contributed by atoms with van der Waals surface area (Å²) in [6.45, 7) is 0.670. The molecule has 6 nitrogen and oxygen atoms in total. The van der Waals surface area contributed by atoms with Gasteiger partial charge in [0.1, 0.15) is 33.7 Å². The number of rotatable bonds is 2. The third-order valence-corrected chi connectivity index (χ3v) is 3.55. The van der Waals surface area contributed by atoms with Crippen molar-refractivity contribution in [2.24, 2.45) is 0 Å². The number of pyridine rings is 1. The van der Waals surface area contributed by atoms with Gasteiger partial charge in [0.2, 0.25) is 0 Å². The first-order valence-electron chi connectivity index (χ1n) is 6.80. The Kier molecular flexibility index (Phi) is 3.82. The van der Waals surface area contributed by atoms with E-state index in [9.17, 15) is 9.59 Å². The molecule has 1 amide bonds. The van der Waals surface area contributed by atoms with Crippen molar-refractivity contribution in [3.63, 3.8) is 0 Å². The molecule has 1 aliphatic heterocycles. The zero-order valence-corrected chi connectivity index (χ0v) is 12.0. The van der Waals surface area contributed by atoms with Crippen molar-refractivity contribution in [2.75, 3.05) is 18.1 Å². The number of fused-ring (bicyclic) bond motifs is 1. The maximum atomic E-state index is 12.8. The van der Waals surface area contributed by atoms with E-state index in [-0.39, 0.29) is 28.0 Å². The molecule has 1 aromatic carbocycles. The Morgan fingerprint density at radius 3 is 2.65 bits per heavy atom. The summed E-state index contributed by atoms with van der Waals surface area (Å²) in [5.41, 5.74) is 0.574. The Morgan fingerprint density at radius 2 is 1.91 bits per heavy atom. The molecule has 8 heteroatoms. The average molecular weight is 304 g/mol. The summed E-state index contributed by atoms with van der Waals surface area (Å²) in [4.78, 5) is 29.3. The number of carboxylic acid groups (broad SMARTS) is 1. The van der Waals surface area contributed by atoms with Crippen molar-refractivity contribution in [2.45, 2.75) is 0 Å². The lowest BCUT2D eigenvalue weighted by Gasteiger charge is -2.29. The third kappa shape index (κ3) is 2.67. The molecule has 1 N–H and O–H groups in total. The van der Waals surface area contributed by atoms with Gasteiger partial charge in [0.05, 0.1) is 18.3 Å². The monoisotopic (exact) mass is 304 g/mol. The summed E-state index contributed by atoms with van der Waals surface area (Å²) >= 11 is 0. The molecule has 0 atom stereocenters.